The minimum Gasteiger partial charge on any atom is -1.00 e. The van der Waals surface area contributed by atoms with Crippen molar-refractivity contribution >= 4 is 40.1 Å². The first-order valence-corrected chi connectivity index (χ1v) is 9.05. The zero-order chi connectivity index (χ0) is 15.5. The van der Waals surface area contributed by atoms with Gasteiger partial charge in [-0.25, -0.2) is 4.57 Å². The molecule has 2 nitrogen and oxygen atoms in total. The van der Waals surface area contributed by atoms with Crippen LogP contribution in [-0.4, -0.2) is 10.4 Å². The fraction of sp³-hybridized carbons (Fsp3) is 0.176. The third-order valence-electron chi connectivity index (χ3n) is 3.43. The van der Waals surface area contributed by atoms with E-state index in [-0.39, 0.29) is 22.8 Å². The lowest BCUT2D eigenvalue weighted by Crippen LogP contribution is -3.00. The summed E-state index contributed by atoms with van der Waals surface area (Å²) in [7, 11) is 0. The molecule has 0 fully saturated rings. The van der Waals surface area contributed by atoms with Gasteiger partial charge in [-0.3, -0.25) is 4.79 Å². The molecule has 120 valence electrons. The maximum absolute atomic E-state index is 12.4. The Morgan fingerprint density at radius 1 is 1.26 bits per heavy atom. The summed E-state index contributed by atoms with van der Waals surface area (Å²) in [5, 5.41) is 5.72. The molecule has 2 heterocycles. The van der Waals surface area contributed by atoms with E-state index in [1.54, 1.807) is 22.8 Å². The predicted octanol–water partition coefficient (Wildman–Crippen LogP) is 2.33. The molecule has 23 heavy (non-hydrogen) atoms. The van der Waals surface area contributed by atoms with Crippen molar-refractivity contribution in [3.05, 3.63) is 73.3 Å². The highest BCUT2D eigenvalue weighted by Crippen LogP contribution is 2.23. The SMILES string of the molecule is Cc1cs[c+](Cc2ccccc2)n1CC(=O)c1cc(Cl)cs1.[Br-]. The van der Waals surface area contributed by atoms with Crippen molar-refractivity contribution < 1.29 is 21.8 Å². The summed E-state index contributed by atoms with van der Waals surface area (Å²) in [5.74, 6) is 0.109. The van der Waals surface area contributed by atoms with Crippen molar-refractivity contribution in [1.29, 1.82) is 0 Å². The van der Waals surface area contributed by atoms with Crippen molar-refractivity contribution in [1.82, 2.24) is 4.57 Å². The number of carbonyl (C=O) groups excluding carboxylic acids is 1. The Kier molecular flexibility index (Phi) is 6.53. The number of rotatable bonds is 5. The van der Waals surface area contributed by atoms with Crippen LogP contribution in [-0.2, 0) is 13.0 Å². The molecule has 0 radical (unpaired) electrons. The van der Waals surface area contributed by atoms with Gasteiger partial charge < -0.3 is 17.0 Å². The van der Waals surface area contributed by atoms with Gasteiger partial charge in [0.05, 0.1) is 16.3 Å². The van der Waals surface area contributed by atoms with E-state index in [0.29, 0.717) is 16.4 Å². The minimum atomic E-state index is 0. The van der Waals surface area contributed by atoms with Gasteiger partial charge >= 0.3 is 0 Å². The third-order valence-corrected chi connectivity index (χ3v) is 5.85. The number of nitrogens with zero attached hydrogens (tertiary/aromatic N) is 1. The minimum absolute atomic E-state index is 0. The van der Waals surface area contributed by atoms with Crippen LogP contribution >= 0.6 is 34.3 Å². The van der Waals surface area contributed by atoms with Crippen LogP contribution in [0, 0.1) is 6.92 Å². The Labute approximate surface area is 159 Å². The quantitative estimate of drug-likeness (QED) is 0.452. The number of halogens is 2. The Hall–Kier alpha value is -1.01. The van der Waals surface area contributed by atoms with Gasteiger partial charge in [-0.15, -0.1) is 11.3 Å². The smallest absolute Gasteiger partial charge is 0.195 e. The summed E-state index contributed by atoms with van der Waals surface area (Å²) >= 11 is 9.01. The monoisotopic (exact) mass is 427 g/mol. The Balaban J connectivity index is 0.00000192. The highest BCUT2D eigenvalue weighted by Gasteiger charge is 2.20. The molecule has 0 spiro atoms. The van der Waals surface area contributed by atoms with Crippen molar-refractivity contribution in [2.24, 2.45) is 0 Å². The average Bonchev–Trinajstić information content (AvgIpc) is 3.09. The number of carbonyl (C=O) groups is 1. The van der Waals surface area contributed by atoms with Gasteiger partial charge in [-0.05, 0) is 11.6 Å². The summed E-state index contributed by atoms with van der Waals surface area (Å²) in [4.78, 5) is 13.1. The molecular weight excluding hydrogens is 414 g/mol. The number of hydrogen-bond donors (Lipinski definition) is 0. The Bertz CT molecular complexity index is 798. The summed E-state index contributed by atoms with van der Waals surface area (Å²) in [6.45, 7) is 2.41. The van der Waals surface area contributed by atoms with Crippen LogP contribution in [0.4, 0.5) is 0 Å². The van der Waals surface area contributed by atoms with E-state index in [0.717, 1.165) is 12.1 Å². The second kappa shape index (κ2) is 8.20. The predicted molar refractivity (Wildman–Crippen MR) is 94.4 cm³/mol. The maximum atomic E-state index is 12.4. The molecule has 1 aromatic carbocycles. The maximum Gasteiger partial charge on any atom is 0.195 e. The van der Waals surface area contributed by atoms with E-state index in [2.05, 4.69) is 22.1 Å². The van der Waals surface area contributed by atoms with Gasteiger partial charge in [0.15, 0.2) is 21.9 Å². The molecule has 0 saturated heterocycles. The molecule has 0 aliphatic heterocycles. The Morgan fingerprint density at radius 2 is 2.00 bits per heavy atom. The number of ketones is 1. The van der Waals surface area contributed by atoms with Gasteiger partial charge in [0.1, 0.15) is 6.54 Å². The molecule has 0 bridgehead atoms. The number of benzene rings is 1. The Morgan fingerprint density at radius 3 is 2.65 bits per heavy atom. The van der Waals surface area contributed by atoms with Crippen molar-refractivity contribution in [2.75, 3.05) is 0 Å². The molecule has 0 amide bonds. The lowest BCUT2D eigenvalue weighted by atomic mass is 10.1. The second-order valence-corrected chi connectivity index (χ2v) is 7.36. The van der Waals surface area contributed by atoms with Gasteiger partial charge in [0.2, 0.25) is 0 Å². The van der Waals surface area contributed by atoms with Crippen LogP contribution in [0.1, 0.15) is 25.9 Å². The van der Waals surface area contributed by atoms with E-state index in [1.165, 1.54) is 21.9 Å². The first-order valence-electron chi connectivity index (χ1n) is 6.91. The highest BCUT2D eigenvalue weighted by atomic mass is 79.9. The number of Topliss-reactive ketones (excluding diaryl/α,β-unsaturated/α-hetero) is 1. The molecule has 0 N–H and O–H groups in total. The molecule has 6 heteroatoms. The zero-order valence-electron chi connectivity index (χ0n) is 12.5. The summed E-state index contributed by atoms with van der Waals surface area (Å²) < 4.78 is 2.10. The first kappa shape index (κ1) is 18.3. The number of thiazole rings is 1. The molecule has 0 saturated carbocycles. The van der Waals surface area contributed by atoms with E-state index in [1.807, 2.05) is 25.1 Å². The molecule has 0 atom stereocenters. The van der Waals surface area contributed by atoms with E-state index in [9.17, 15) is 4.79 Å². The van der Waals surface area contributed by atoms with Gasteiger partial charge in [0, 0.05) is 23.6 Å². The highest BCUT2D eigenvalue weighted by molar-refractivity contribution is 7.12. The van der Waals surface area contributed by atoms with Crippen LogP contribution in [0.25, 0.3) is 0 Å². The molecule has 0 aliphatic rings. The van der Waals surface area contributed by atoms with Gasteiger partial charge in [0.25, 0.3) is 0 Å². The summed E-state index contributed by atoms with van der Waals surface area (Å²) in [5.41, 5.74) is 2.37. The lowest BCUT2D eigenvalue weighted by Gasteiger charge is -2.03. The van der Waals surface area contributed by atoms with Crippen molar-refractivity contribution in [2.45, 2.75) is 19.9 Å². The lowest BCUT2D eigenvalue weighted by molar-refractivity contribution is -0.0000122. The molecule has 3 aromatic rings. The average molecular weight is 429 g/mol. The fourth-order valence-electron chi connectivity index (χ4n) is 2.28. The van der Waals surface area contributed by atoms with Crippen LogP contribution < -0.4 is 17.0 Å². The number of thiophene rings is 1. The number of aromatic nitrogens is 1. The molecule has 0 unspecified atom stereocenters. The van der Waals surface area contributed by atoms with Crippen LogP contribution in [0.3, 0.4) is 0 Å². The number of hydrogen-bond acceptors (Lipinski definition) is 3. The fourth-order valence-corrected chi connectivity index (χ4v) is 4.30. The third kappa shape index (κ3) is 4.51. The number of aryl methyl sites for hydroxylation is 1. The van der Waals surface area contributed by atoms with Crippen LogP contribution in [0.15, 0.2) is 47.2 Å². The summed E-state index contributed by atoms with van der Waals surface area (Å²) in [6.07, 6.45) is 0.845. The van der Waals surface area contributed by atoms with Crippen molar-refractivity contribution in [3.63, 3.8) is 0 Å². The molecule has 0 aliphatic carbocycles. The van der Waals surface area contributed by atoms with Gasteiger partial charge in [-0.1, -0.05) is 41.9 Å². The van der Waals surface area contributed by atoms with Crippen molar-refractivity contribution in [3.8, 4) is 0 Å². The standard InChI is InChI=1S/C17H15ClNOS2.BrH/c1-12-10-22-17(7-13-5-3-2-4-6-13)19(12)9-15(20)16-8-14(18)11-21-16;/h2-6,8,10-11H,7,9H2,1H3;1H/q+1;/p-1. The van der Waals surface area contributed by atoms with Crippen LogP contribution in [0.5, 0.6) is 0 Å². The first-order chi connectivity index (χ1) is 10.6. The summed E-state index contributed by atoms with van der Waals surface area (Å²) in [6, 6.07) is 12.1. The zero-order valence-corrected chi connectivity index (χ0v) is 16.4. The van der Waals surface area contributed by atoms with E-state index >= 15 is 0 Å². The normalized spacial score (nSPS) is 10.3. The molecular formula is C17H15BrClNOS2. The van der Waals surface area contributed by atoms with E-state index in [4.69, 9.17) is 11.6 Å². The largest absolute Gasteiger partial charge is 1.00 e. The van der Waals surface area contributed by atoms with Gasteiger partial charge in [-0.2, -0.15) is 0 Å². The van der Waals surface area contributed by atoms with Crippen LogP contribution in [0.2, 0.25) is 5.02 Å². The molecule has 3 rings (SSSR count). The van der Waals surface area contributed by atoms with E-state index < -0.39 is 0 Å². The second-order valence-electron chi connectivity index (χ2n) is 5.07. The topological polar surface area (TPSA) is 22.0 Å². The molecule has 2 aromatic heterocycles.